The van der Waals surface area contributed by atoms with Crippen LogP contribution >= 0.6 is 0 Å². The number of hydrogen-bond acceptors (Lipinski definition) is 3. The van der Waals surface area contributed by atoms with E-state index in [-0.39, 0.29) is 22.7 Å². The van der Waals surface area contributed by atoms with Crippen molar-refractivity contribution in [3.8, 4) is 0 Å². The van der Waals surface area contributed by atoms with Crippen molar-refractivity contribution < 1.29 is 4.79 Å². The third-order valence-electron chi connectivity index (χ3n) is 2.05. The molecule has 0 aliphatic carbocycles. The van der Waals surface area contributed by atoms with Crippen LogP contribution in [0.4, 0.5) is 0 Å². The minimum absolute atomic E-state index is 0.165. The minimum Gasteiger partial charge on any atom is -0.344 e. The quantitative estimate of drug-likeness (QED) is 0.821. The molecule has 0 fully saturated rings. The van der Waals surface area contributed by atoms with Gasteiger partial charge in [-0.2, -0.15) is 5.10 Å². The Hall–Kier alpha value is -1.39. The molecule has 0 spiro atoms. The Kier molecular flexibility index (Phi) is 3.35. The number of aromatic nitrogens is 3. The highest BCUT2D eigenvalue weighted by Gasteiger charge is 2.27. The van der Waals surface area contributed by atoms with Gasteiger partial charge in [0.15, 0.2) is 0 Å². The number of carbonyl (C=O) groups is 1. The van der Waals surface area contributed by atoms with E-state index in [2.05, 4.69) is 41.3 Å². The molecular formula is C11H20N4O. The van der Waals surface area contributed by atoms with Crippen LogP contribution in [0.2, 0.25) is 0 Å². The number of carbonyl (C=O) groups excluding carboxylic acids is 1. The van der Waals surface area contributed by atoms with Crippen molar-refractivity contribution in [1.29, 1.82) is 0 Å². The van der Waals surface area contributed by atoms with E-state index in [0.29, 0.717) is 0 Å². The van der Waals surface area contributed by atoms with Gasteiger partial charge in [0.2, 0.25) is 5.82 Å². The summed E-state index contributed by atoms with van der Waals surface area (Å²) in [4.78, 5) is 15.6. The van der Waals surface area contributed by atoms with Crippen molar-refractivity contribution >= 4 is 5.91 Å². The lowest BCUT2D eigenvalue weighted by Gasteiger charge is -2.32. The first-order valence-electron chi connectivity index (χ1n) is 5.37. The molecule has 1 heterocycles. The van der Waals surface area contributed by atoms with E-state index < -0.39 is 0 Å². The molecule has 0 aliphatic heterocycles. The summed E-state index contributed by atoms with van der Waals surface area (Å²) in [5, 5.41) is 9.14. The summed E-state index contributed by atoms with van der Waals surface area (Å²) in [7, 11) is 0. The van der Waals surface area contributed by atoms with Gasteiger partial charge in [-0.25, -0.2) is 4.98 Å². The number of rotatable bonds is 3. The standard InChI is InChI=1S/C11H20N4O/c1-10(2,3)6-11(4,5)14-9(16)8-12-7-13-15-8/h7H,6H2,1-5H3,(H,14,16)(H,12,13,15). The normalized spacial score (nSPS) is 12.6. The van der Waals surface area contributed by atoms with E-state index in [1.165, 1.54) is 6.33 Å². The van der Waals surface area contributed by atoms with Crippen LogP contribution in [0.1, 0.15) is 51.7 Å². The van der Waals surface area contributed by atoms with E-state index in [1.54, 1.807) is 0 Å². The minimum atomic E-state index is -0.262. The van der Waals surface area contributed by atoms with E-state index in [1.807, 2.05) is 13.8 Å². The molecule has 0 bridgehead atoms. The number of amides is 1. The van der Waals surface area contributed by atoms with Gasteiger partial charge in [-0.05, 0) is 25.7 Å². The molecule has 1 amide bonds. The van der Waals surface area contributed by atoms with Gasteiger partial charge in [-0.3, -0.25) is 9.89 Å². The van der Waals surface area contributed by atoms with Crippen molar-refractivity contribution in [3.05, 3.63) is 12.2 Å². The van der Waals surface area contributed by atoms with Crippen LogP contribution in [-0.2, 0) is 0 Å². The maximum atomic E-state index is 11.8. The van der Waals surface area contributed by atoms with Crippen molar-refractivity contribution in [2.24, 2.45) is 5.41 Å². The topological polar surface area (TPSA) is 70.7 Å². The van der Waals surface area contributed by atoms with Crippen molar-refractivity contribution in [2.75, 3.05) is 0 Å². The average Bonchev–Trinajstić information content (AvgIpc) is 2.48. The van der Waals surface area contributed by atoms with Crippen LogP contribution in [0.3, 0.4) is 0 Å². The van der Waals surface area contributed by atoms with Crippen LogP contribution in [0.25, 0.3) is 0 Å². The molecule has 1 rings (SSSR count). The zero-order valence-corrected chi connectivity index (χ0v) is 10.6. The number of aromatic amines is 1. The Morgan fingerprint density at radius 1 is 1.38 bits per heavy atom. The molecule has 0 saturated carbocycles. The molecule has 0 unspecified atom stereocenters. The van der Waals surface area contributed by atoms with Gasteiger partial charge in [-0.1, -0.05) is 20.8 Å². The molecule has 16 heavy (non-hydrogen) atoms. The molecule has 0 aliphatic rings. The SMILES string of the molecule is CC(C)(C)CC(C)(C)NC(=O)c1ncn[nH]1. The molecule has 2 N–H and O–H groups in total. The molecule has 0 radical (unpaired) electrons. The molecule has 1 aromatic heterocycles. The molecule has 5 heteroatoms. The van der Waals surface area contributed by atoms with Crippen LogP contribution in [0.15, 0.2) is 6.33 Å². The van der Waals surface area contributed by atoms with Crippen molar-refractivity contribution in [2.45, 2.75) is 46.6 Å². The summed E-state index contributed by atoms with van der Waals surface area (Å²) in [5.74, 6) is 0.0359. The zero-order chi connectivity index (χ0) is 12.4. The van der Waals surface area contributed by atoms with Crippen LogP contribution in [0, 0.1) is 5.41 Å². The molecule has 90 valence electrons. The number of H-pyrrole nitrogens is 1. The summed E-state index contributed by atoms with van der Waals surface area (Å²) < 4.78 is 0. The van der Waals surface area contributed by atoms with Crippen LogP contribution in [-0.4, -0.2) is 26.6 Å². The van der Waals surface area contributed by atoms with Gasteiger partial charge >= 0.3 is 0 Å². The third kappa shape index (κ3) is 4.00. The fourth-order valence-corrected chi connectivity index (χ4v) is 2.05. The van der Waals surface area contributed by atoms with Gasteiger partial charge in [0, 0.05) is 5.54 Å². The Bertz CT molecular complexity index is 349. The summed E-state index contributed by atoms with van der Waals surface area (Å²) in [6.07, 6.45) is 2.21. The number of hydrogen-bond donors (Lipinski definition) is 2. The van der Waals surface area contributed by atoms with Crippen LogP contribution < -0.4 is 5.32 Å². The van der Waals surface area contributed by atoms with Crippen molar-refractivity contribution in [3.63, 3.8) is 0 Å². The summed E-state index contributed by atoms with van der Waals surface area (Å²) in [6, 6.07) is 0. The highest BCUT2D eigenvalue weighted by Crippen LogP contribution is 2.26. The fraction of sp³-hybridized carbons (Fsp3) is 0.727. The maximum absolute atomic E-state index is 11.8. The summed E-state index contributed by atoms with van der Waals surface area (Å²) in [6.45, 7) is 10.5. The average molecular weight is 224 g/mol. The van der Waals surface area contributed by atoms with Gasteiger partial charge < -0.3 is 5.32 Å². The number of nitrogens with zero attached hydrogens (tertiary/aromatic N) is 2. The summed E-state index contributed by atoms with van der Waals surface area (Å²) in [5.41, 5.74) is -0.0969. The molecule has 0 aromatic carbocycles. The summed E-state index contributed by atoms with van der Waals surface area (Å²) >= 11 is 0. The second-order valence-electron chi connectivity index (χ2n) is 5.91. The first kappa shape index (κ1) is 12.7. The lowest BCUT2D eigenvalue weighted by atomic mass is 9.82. The van der Waals surface area contributed by atoms with Crippen LogP contribution in [0.5, 0.6) is 0 Å². The van der Waals surface area contributed by atoms with Gasteiger partial charge in [0.05, 0.1) is 0 Å². The molecule has 5 nitrogen and oxygen atoms in total. The highest BCUT2D eigenvalue weighted by molar-refractivity contribution is 5.90. The maximum Gasteiger partial charge on any atom is 0.289 e. The second kappa shape index (κ2) is 4.23. The second-order valence-corrected chi connectivity index (χ2v) is 5.91. The highest BCUT2D eigenvalue weighted by atomic mass is 16.2. The Morgan fingerprint density at radius 3 is 2.44 bits per heavy atom. The van der Waals surface area contributed by atoms with Crippen molar-refractivity contribution in [1.82, 2.24) is 20.5 Å². The number of nitrogens with one attached hydrogen (secondary N) is 2. The molecule has 0 saturated heterocycles. The van der Waals surface area contributed by atoms with E-state index in [0.717, 1.165) is 6.42 Å². The molecule has 0 atom stereocenters. The van der Waals surface area contributed by atoms with E-state index >= 15 is 0 Å². The lowest BCUT2D eigenvalue weighted by Crippen LogP contribution is -2.46. The Labute approximate surface area is 96.0 Å². The first-order chi connectivity index (χ1) is 7.20. The largest absolute Gasteiger partial charge is 0.344 e. The fourth-order valence-electron chi connectivity index (χ4n) is 2.05. The monoisotopic (exact) mass is 224 g/mol. The Morgan fingerprint density at radius 2 is 2.00 bits per heavy atom. The van der Waals surface area contributed by atoms with E-state index in [9.17, 15) is 4.79 Å². The predicted molar refractivity (Wildman–Crippen MR) is 62.0 cm³/mol. The molecular weight excluding hydrogens is 204 g/mol. The van der Waals surface area contributed by atoms with Gasteiger partial charge in [-0.15, -0.1) is 0 Å². The first-order valence-corrected chi connectivity index (χ1v) is 5.37. The smallest absolute Gasteiger partial charge is 0.289 e. The lowest BCUT2D eigenvalue weighted by molar-refractivity contribution is 0.0881. The van der Waals surface area contributed by atoms with Gasteiger partial charge in [0.1, 0.15) is 6.33 Å². The zero-order valence-electron chi connectivity index (χ0n) is 10.6. The van der Waals surface area contributed by atoms with Gasteiger partial charge in [0.25, 0.3) is 5.91 Å². The molecule has 1 aromatic rings. The predicted octanol–water partition coefficient (Wildman–Crippen LogP) is 1.75. The Balaban J connectivity index is 2.63. The third-order valence-corrected chi connectivity index (χ3v) is 2.05. The van der Waals surface area contributed by atoms with E-state index in [4.69, 9.17) is 0 Å².